The number of carbonyl (C=O) groups is 4. The number of rotatable bonds is 14. The van der Waals surface area contributed by atoms with Crippen LogP contribution >= 0.6 is 23.2 Å². The largest absolute Gasteiger partial charge is 0.478 e. The number of aryl methyl sites for hydroxylation is 4. The normalized spacial score (nSPS) is 15.1. The van der Waals surface area contributed by atoms with Crippen molar-refractivity contribution in [3.05, 3.63) is 167 Å². The van der Waals surface area contributed by atoms with Crippen LogP contribution in [0.2, 0.25) is 0 Å². The summed E-state index contributed by atoms with van der Waals surface area (Å²) in [4.78, 5) is 66.9. The van der Waals surface area contributed by atoms with Gasteiger partial charge >= 0.3 is 5.97 Å². The van der Waals surface area contributed by atoms with Gasteiger partial charge in [0.15, 0.2) is 11.6 Å². The van der Waals surface area contributed by atoms with Crippen molar-refractivity contribution < 1.29 is 33.1 Å². The monoisotopic (exact) mass is 1060 g/mol. The number of benzene rings is 2. The second-order valence-corrected chi connectivity index (χ2v) is 19.6. The third kappa shape index (κ3) is 15.1. The lowest BCUT2D eigenvalue weighted by Gasteiger charge is -2.15. The first-order chi connectivity index (χ1) is 36.1. The zero-order valence-corrected chi connectivity index (χ0v) is 43.0. The average molecular weight is 1060 g/mol. The number of aromatic carboxylic acids is 1. The van der Waals surface area contributed by atoms with Crippen molar-refractivity contribution in [2.24, 2.45) is 0 Å². The van der Waals surface area contributed by atoms with Gasteiger partial charge in [-0.15, -0.1) is 23.2 Å². The topological polar surface area (TPSA) is 234 Å². The van der Waals surface area contributed by atoms with Crippen LogP contribution in [0.5, 0.6) is 0 Å². The molecule has 2 aliphatic rings. The molecule has 15 nitrogen and oxygen atoms in total. The van der Waals surface area contributed by atoms with Crippen molar-refractivity contribution in [1.82, 2.24) is 30.2 Å². The Balaban J connectivity index is 0.000000198. The maximum atomic E-state index is 12.7. The molecule has 0 bridgehead atoms. The van der Waals surface area contributed by atoms with E-state index in [-0.39, 0.29) is 35.8 Å². The molecule has 1 amide bonds. The molecule has 17 heteroatoms. The number of carboxylic acid groups (broad SMARTS) is 1. The van der Waals surface area contributed by atoms with Gasteiger partial charge in [0.2, 0.25) is 0 Å². The summed E-state index contributed by atoms with van der Waals surface area (Å²) in [6, 6.07) is 25.7. The zero-order chi connectivity index (χ0) is 53.0. The summed E-state index contributed by atoms with van der Waals surface area (Å²) in [7, 11) is 0. The number of nitrogens with two attached hydrogens (primary N) is 2. The van der Waals surface area contributed by atoms with E-state index in [9.17, 15) is 19.2 Å². The first kappa shape index (κ1) is 55.8. The number of likely N-dealkylation sites (tertiary alicyclic amines) is 1. The number of allylic oxidation sites excluding steroid dienone is 2. The Morgan fingerprint density at radius 2 is 1.18 bits per heavy atom. The zero-order valence-electron chi connectivity index (χ0n) is 41.5. The lowest BCUT2D eigenvalue weighted by atomic mass is 10.0. The van der Waals surface area contributed by atoms with E-state index in [1.165, 1.54) is 18.3 Å². The number of nitrogen functional groups attached to an aromatic ring is 2. The van der Waals surface area contributed by atoms with Gasteiger partial charge in [0, 0.05) is 97.4 Å². The Kier molecular flexibility index (Phi) is 19.1. The van der Waals surface area contributed by atoms with Gasteiger partial charge in [-0.05, 0) is 165 Å². The van der Waals surface area contributed by atoms with Crippen molar-refractivity contribution in [1.29, 1.82) is 0 Å². The second-order valence-electron chi connectivity index (χ2n) is 18.4. The molecular weight excluding hydrogens is 1000 g/mol. The number of furan rings is 2. The number of halogens is 2. The van der Waals surface area contributed by atoms with E-state index in [4.69, 9.17) is 48.6 Å². The number of fused-ring (bicyclic) bond motifs is 2. The minimum atomic E-state index is -1.01. The average Bonchev–Trinajstić information content (AvgIpc) is 4.26. The fraction of sp³-hybridized carbons (Fsp3) is 0.254. The summed E-state index contributed by atoms with van der Waals surface area (Å²) >= 11 is 11.8. The molecule has 0 aliphatic carbocycles. The van der Waals surface area contributed by atoms with E-state index in [0.717, 1.165) is 98.5 Å². The molecule has 6 N–H and O–H groups in total. The van der Waals surface area contributed by atoms with Crippen LogP contribution in [0, 0.1) is 13.8 Å². The molecule has 392 valence electrons. The third-order valence-electron chi connectivity index (χ3n) is 12.5. The number of nitrogens with one attached hydrogen (secondary N) is 1. The first-order valence-electron chi connectivity index (χ1n) is 24.5. The highest BCUT2D eigenvalue weighted by molar-refractivity contribution is 6.21. The maximum Gasteiger partial charge on any atom is 0.337 e. The number of hydrogen-bond acceptors (Lipinski definition) is 13. The Morgan fingerprint density at radius 3 is 1.57 bits per heavy atom. The summed E-state index contributed by atoms with van der Waals surface area (Å²) in [5.74, 6) is 1.30. The molecule has 8 heterocycles. The molecule has 8 aromatic rings. The predicted octanol–water partition coefficient (Wildman–Crippen LogP) is 11.4. The standard InChI is InChI=1S/C29H27ClN4O3.C25H21N3O4.C4H8ClN.CH4/c1-18-12-21(26-8-4-20(16-32-26)29(36)34-11-10-23(30)17-34)13-22-14-25(37-28(18)22)7-6-24(35)5-2-19-3-9-27(31)33-15-19;1-15-10-18(22-8-4-17(14-27-22)25(30)31)11-19-12-21(32-24(15)19)7-6-20(29)5-2-16-3-9-23(26)28-13-16;5-4-1-2-6-3-4;/h2-5,8-9,12-16,23H,6-7,10-11,17H2,1H3,(H2,31,33);2-5,8-14H,6-7H2,1H3,(H2,26,28)(H,30,31);4,6H,1-3H2;1H4/b2*5-2+;;/t23-;;4-;/m0.0./s1. The van der Waals surface area contributed by atoms with E-state index in [1.54, 1.807) is 66.0 Å². The lowest BCUT2D eigenvalue weighted by molar-refractivity contribution is -0.115. The fourth-order valence-electron chi connectivity index (χ4n) is 8.46. The number of anilines is 2. The SMILES string of the molecule is C.Cc1cc(-c2ccc(C(=O)N3CC[C@H](Cl)C3)cn2)cc2cc(CCC(=O)/C=C/c3ccc(N)nc3)oc12.Cc1cc(-c2ccc(C(=O)O)cn2)cc2cc(CCC(=O)/C=C/c3ccc(N)nc3)oc12.Cl[C@H]1CCNC1. The van der Waals surface area contributed by atoms with Gasteiger partial charge in [0.25, 0.3) is 5.91 Å². The van der Waals surface area contributed by atoms with Crippen LogP contribution in [-0.4, -0.2) is 90.3 Å². The number of carbonyl (C=O) groups excluding carboxylic acids is 3. The van der Waals surface area contributed by atoms with Gasteiger partial charge in [-0.1, -0.05) is 7.43 Å². The van der Waals surface area contributed by atoms with Crippen LogP contribution in [0.3, 0.4) is 0 Å². The molecule has 2 saturated heterocycles. The summed E-state index contributed by atoms with van der Waals surface area (Å²) in [6.07, 6.45) is 16.3. The molecule has 2 atom stereocenters. The van der Waals surface area contributed by atoms with E-state index in [0.29, 0.717) is 67.0 Å². The van der Waals surface area contributed by atoms with Gasteiger partial charge in [-0.3, -0.25) is 24.4 Å². The number of ketones is 2. The molecule has 0 unspecified atom stereocenters. The van der Waals surface area contributed by atoms with Crippen LogP contribution in [0.15, 0.2) is 131 Å². The summed E-state index contributed by atoms with van der Waals surface area (Å²) in [6.45, 7) is 7.29. The van der Waals surface area contributed by atoms with Crippen LogP contribution in [0.4, 0.5) is 11.6 Å². The third-order valence-corrected chi connectivity index (χ3v) is 13.2. The number of alkyl halides is 2. The van der Waals surface area contributed by atoms with Crippen molar-refractivity contribution in [3.63, 3.8) is 0 Å². The molecular formula is C59H60Cl2N8O7. The second kappa shape index (κ2) is 26.0. The fourth-order valence-corrected chi connectivity index (χ4v) is 8.94. The summed E-state index contributed by atoms with van der Waals surface area (Å²) in [5.41, 5.74) is 20.2. The van der Waals surface area contributed by atoms with Crippen molar-refractivity contribution in [2.75, 3.05) is 37.6 Å². The molecule has 2 aliphatic heterocycles. The van der Waals surface area contributed by atoms with E-state index in [1.807, 2.05) is 68.4 Å². The number of pyridine rings is 4. The Hall–Kier alpha value is -7.98. The van der Waals surface area contributed by atoms with Gasteiger partial charge < -0.3 is 35.6 Å². The van der Waals surface area contributed by atoms with Crippen LogP contribution < -0.4 is 16.8 Å². The molecule has 0 spiro atoms. The highest BCUT2D eigenvalue weighted by Crippen LogP contribution is 2.32. The molecule has 2 aromatic carbocycles. The first-order valence-corrected chi connectivity index (χ1v) is 25.4. The molecule has 10 rings (SSSR count). The minimum Gasteiger partial charge on any atom is -0.478 e. The number of nitrogens with zero attached hydrogens (tertiary/aromatic N) is 5. The quantitative estimate of drug-likeness (QED) is 0.0586. The summed E-state index contributed by atoms with van der Waals surface area (Å²) < 4.78 is 12.0. The van der Waals surface area contributed by atoms with E-state index < -0.39 is 5.97 Å². The predicted molar refractivity (Wildman–Crippen MR) is 301 cm³/mol. The van der Waals surface area contributed by atoms with Crippen molar-refractivity contribution >= 4 is 92.4 Å². The molecule has 6 aromatic heterocycles. The van der Waals surface area contributed by atoms with Crippen LogP contribution in [0.1, 0.15) is 87.6 Å². The number of carboxylic acids is 1. The maximum absolute atomic E-state index is 12.7. The van der Waals surface area contributed by atoms with Gasteiger partial charge in [0.1, 0.15) is 34.3 Å². The van der Waals surface area contributed by atoms with Gasteiger partial charge in [0.05, 0.1) is 27.9 Å². The summed E-state index contributed by atoms with van der Waals surface area (Å²) in [5, 5.41) is 14.5. The van der Waals surface area contributed by atoms with Crippen molar-refractivity contribution in [3.8, 4) is 22.5 Å². The smallest absolute Gasteiger partial charge is 0.337 e. The van der Waals surface area contributed by atoms with Crippen LogP contribution in [-0.2, 0) is 22.4 Å². The highest BCUT2D eigenvalue weighted by Gasteiger charge is 2.26. The van der Waals surface area contributed by atoms with Crippen molar-refractivity contribution in [2.45, 2.75) is 70.6 Å². The Morgan fingerprint density at radius 1 is 0.671 bits per heavy atom. The lowest BCUT2D eigenvalue weighted by Crippen LogP contribution is -2.28. The molecule has 0 saturated carbocycles. The Labute approximate surface area is 451 Å². The number of hydrogen-bond donors (Lipinski definition) is 4. The Bertz CT molecular complexity index is 3370. The minimum absolute atomic E-state index is 0. The molecule has 2 fully saturated rings. The number of aromatic nitrogens is 4. The molecule has 76 heavy (non-hydrogen) atoms. The van der Waals surface area contributed by atoms with E-state index in [2.05, 4.69) is 25.3 Å². The van der Waals surface area contributed by atoms with Gasteiger partial charge in [-0.25, -0.2) is 14.8 Å². The highest BCUT2D eigenvalue weighted by atomic mass is 35.5. The van der Waals surface area contributed by atoms with E-state index >= 15 is 0 Å². The van der Waals surface area contributed by atoms with Gasteiger partial charge in [-0.2, -0.15) is 0 Å². The van der Waals surface area contributed by atoms with Crippen LogP contribution in [0.25, 0.3) is 56.6 Å². The molecule has 0 radical (unpaired) electrons. The number of amides is 1.